The first-order valence-corrected chi connectivity index (χ1v) is 3.55. The van der Waals surface area contributed by atoms with Crippen LogP contribution in [0.1, 0.15) is 14.0 Å². The quantitative estimate of drug-likeness (QED) is 0.754. The van der Waals surface area contributed by atoms with Crippen molar-refractivity contribution in [2.75, 3.05) is 0 Å². The molecule has 0 aliphatic rings. The van der Waals surface area contributed by atoms with Crippen LogP contribution in [0.5, 0.6) is 0 Å². The number of rotatable bonds is 1. The lowest BCUT2D eigenvalue weighted by Gasteiger charge is -1.98. The van der Waals surface area contributed by atoms with Crippen molar-refractivity contribution in [3.8, 4) is 0 Å². The van der Waals surface area contributed by atoms with E-state index in [-0.39, 0.29) is 5.69 Å². The molecule has 2 nitrogen and oxygen atoms in total. The maximum atomic E-state index is 8.96. The summed E-state index contributed by atoms with van der Waals surface area (Å²) in [7, 11) is 0. The van der Waals surface area contributed by atoms with Crippen LogP contribution in [0, 0.1) is 6.92 Å². The standard InChI is InChI=1S/C7H8BrNO/c1-5-2-6(4-10)9-3-7(5)8/h2-3,10H,4H2,1H3/i4D2. The van der Waals surface area contributed by atoms with E-state index in [0.717, 1.165) is 10.0 Å². The van der Waals surface area contributed by atoms with Gasteiger partial charge in [-0.2, -0.15) is 0 Å². The predicted octanol–water partition coefficient (Wildman–Crippen LogP) is 1.64. The van der Waals surface area contributed by atoms with Gasteiger partial charge in [-0.25, -0.2) is 0 Å². The highest BCUT2D eigenvalue weighted by molar-refractivity contribution is 9.10. The lowest BCUT2D eigenvalue weighted by molar-refractivity contribution is 0.276. The van der Waals surface area contributed by atoms with Gasteiger partial charge in [-0.05, 0) is 34.5 Å². The van der Waals surface area contributed by atoms with Gasteiger partial charge in [0.2, 0.25) is 0 Å². The average molecular weight is 204 g/mol. The topological polar surface area (TPSA) is 33.1 Å². The fraction of sp³-hybridized carbons (Fsp3) is 0.286. The number of aromatic nitrogens is 1. The van der Waals surface area contributed by atoms with Crippen LogP contribution in [0.3, 0.4) is 0 Å². The maximum absolute atomic E-state index is 8.96. The molecule has 0 radical (unpaired) electrons. The molecule has 0 aliphatic heterocycles. The Bertz CT molecular complexity index is 298. The Kier molecular flexibility index (Phi) is 1.64. The van der Waals surface area contributed by atoms with E-state index in [4.69, 9.17) is 7.85 Å². The molecule has 0 amide bonds. The molecule has 1 aromatic heterocycles. The summed E-state index contributed by atoms with van der Waals surface area (Å²) < 4.78 is 14.8. The zero-order valence-electron chi connectivity index (χ0n) is 7.43. The van der Waals surface area contributed by atoms with E-state index in [1.807, 2.05) is 0 Å². The summed E-state index contributed by atoms with van der Waals surface area (Å²) in [5.74, 6) is 0. The van der Waals surface area contributed by atoms with Crippen LogP contribution in [-0.2, 0) is 6.56 Å². The Hall–Kier alpha value is -0.410. The molecule has 0 unspecified atom stereocenters. The molecule has 1 N–H and O–H groups in total. The molecular weight excluding hydrogens is 194 g/mol. The van der Waals surface area contributed by atoms with Gasteiger partial charge in [-0.15, -0.1) is 0 Å². The molecule has 0 saturated carbocycles. The third kappa shape index (κ3) is 1.55. The summed E-state index contributed by atoms with van der Waals surface area (Å²) in [5, 5.41) is 8.96. The SMILES string of the molecule is [2H]C([2H])(O)c1cc(C)c(Br)cn1. The van der Waals surface area contributed by atoms with Crippen molar-refractivity contribution >= 4 is 15.9 Å². The monoisotopic (exact) mass is 203 g/mol. The zero-order valence-corrected chi connectivity index (χ0v) is 7.01. The van der Waals surface area contributed by atoms with Crippen LogP contribution >= 0.6 is 15.9 Å². The molecule has 54 valence electrons. The largest absolute Gasteiger partial charge is 0.390 e. The molecule has 0 bridgehead atoms. The first-order valence-electron chi connectivity index (χ1n) is 3.76. The van der Waals surface area contributed by atoms with Gasteiger partial charge in [0.1, 0.15) is 0 Å². The highest BCUT2D eigenvalue weighted by Gasteiger charge is 1.95. The number of hydrogen-bond donors (Lipinski definition) is 1. The number of aryl methyl sites for hydroxylation is 1. The van der Waals surface area contributed by atoms with Crippen LogP contribution in [-0.4, -0.2) is 10.1 Å². The molecule has 1 heterocycles. The first-order chi connectivity index (χ1) is 5.41. The minimum atomic E-state index is -2.36. The van der Waals surface area contributed by atoms with E-state index in [2.05, 4.69) is 20.9 Å². The van der Waals surface area contributed by atoms with Crippen LogP contribution < -0.4 is 0 Å². The smallest absolute Gasteiger partial charge is 0.0853 e. The van der Waals surface area contributed by atoms with Crippen LogP contribution in [0.25, 0.3) is 0 Å². The van der Waals surface area contributed by atoms with Crippen molar-refractivity contribution in [2.45, 2.75) is 13.5 Å². The normalized spacial score (nSPS) is 14.3. The van der Waals surface area contributed by atoms with Crippen molar-refractivity contribution in [1.29, 1.82) is 0 Å². The zero-order chi connectivity index (χ0) is 9.35. The van der Waals surface area contributed by atoms with E-state index < -0.39 is 6.56 Å². The summed E-state index contributed by atoms with van der Waals surface area (Å²) in [6, 6.07) is 1.50. The Morgan fingerprint density at radius 1 is 1.90 bits per heavy atom. The van der Waals surface area contributed by atoms with Crippen molar-refractivity contribution in [1.82, 2.24) is 4.98 Å². The van der Waals surface area contributed by atoms with E-state index in [0.29, 0.717) is 0 Å². The molecule has 3 heteroatoms. The fourth-order valence-electron chi connectivity index (χ4n) is 0.600. The fourth-order valence-corrected chi connectivity index (χ4v) is 0.817. The Labute approximate surface area is 70.9 Å². The number of halogens is 1. The van der Waals surface area contributed by atoms with Crippen molar-refractivity contribution in [3.05, 3.63) is 28.0 Å². The van der Waals surface area contributed by atoms with Gasteiger partial charge in [0, 0.05) is 10.7 Å². The summed E-state index contributed by atoms with van der Waals surface area (Å²) in [5.41, 5.74) is 0.876. The van der Waals surface area contributed by atoms with Crippen LogP contribution in [0.15, 0.2) is 16.7 Å². The molecule has 0 aromatic carbocycles. The molecular formula is C7H8BrNO. The van der Waals surface area contributed by atoms with Gasteiger partial charge in [-0.3, -0.25) is 4.98 Å². The van der Waals surface area contributed by atoms with Crippen LogP contribution in [0.2, 0.25) is 0 Å². The number of aliphatic hydroxyl groups is 1. The Balaban J connectivity index is 3.14. The molecule has 10 heavy (non-hydrogen) atoms. The summed E-state index contributed by atoms with van der Waals surface area (Å²) in [6.45, 7) is -0.549. The second-order valence-electron chi connectivity index (χ2n) is 1.93. The first kappa shape index (κ1) is 5.27. The third-order valence-corrected chi connectivity index (χ3v) is 1.99. The molecule has 0 fully saturated rings. The highest BCUT2D eigenvalue weighted by Crippen LogP contribution is 2.14. The number of pyridine rings is 1. The lowest BCUT2D eigenvalue weighted by atomic mass is 10.2. The average Bonchev–Trinajstić information content (AvgIpc) is 1.92. The maximum Gasteiger partial charge on any atom is 0.0853 e. The molecule has 1 rings (SSSR count). The van der Waals surface area contributed by atoms with Crippen molar-refractivity contribution in [2.24, 2.45) is 0 Å². The Morgan fingerprint density at radius 3 is 3.10 bits per heavy atom. The van der Waals surface area contributed by atoms with E-state index in [1.165, 1.54) is 12.3 Å². The molecule has 0 saturated heterocycles. The van der Waals surface area contributed by atoms with E-state index in [1.54, 1.807) is 6.92 Å². The molecule has 0 aliphatic carbocycles. The second-order valence-corrected chi connectivity index (χ2v) is 2.78. The van der Waals surface area contributed by atoms with Gasteiger partial charge in [0.15, 0.2) is 0 Å². The minimum Gasteiger partial charge on any atom is -0.390 e. The van der Waals surface area contributed by atoms with Crippen molar-refractivity contribution in [3.63, 3.8) is 0 Å². The van der Waals surface area contributed by atoms with Gasteiger partial charge in [-0.1, -0.05) is 0 Å². The molecule has 1 aromatic rings. The van der Waals surface area contributed by atoms with Gasteiger partial charge in [0.05, 0.1) is 15.0 Å². The Morgan fingerprint density at radius 2 is 2.60 bits per heavy atom. The number of nitrogens with zero attached hydrogens (tertiary/aromatic N) is 1. The summed E-state index contributed by atoms with van der Waals surface area (Å²) >= 11 is 3.23. The van der Waals surface area contributed by atoms with E-state index in [9.17, 15) is 0 Å². The summed E-state index contributed by atoms with van der Waals surface area (Å²) in [6.07, 6.45) is 1.47. The minimum absolute atomic E-state index is 0.0307. The molecule has 0 spiro atoms. The third-order valence-electron chi connectivity index (χ3n) is 1.16. The van der Waals surface area contributed by atoms with E-state index >= 15 is 0 Å². The predicted molar refractivity (Wildman–Crippen MR) is 42.6 cm³/mol. The van der Waals surface area contributed by atoms with Crippen LogP contribution in [0.4, 0.5) is 0 Å². The van der Waals surface area contributed by atoms with Crippen molar-refractivity contribution < 1.29 is 7.85 Å². The molecule has 0 atom stereocenters. The summed E-state index contributed by atoms with van der Waals surface area (Å²) in [4.78, 5) is 3.74. The second kappa shape index (κ2) is 3.12. The highest BCUT2D eigenvalue weighted by atomic mass is 79.9. The van der Waals surface area contributed by atoms with Gasteiger partial charge in [0.25, 0.3) is 0 Å². The lowest BCUT2D eigenvalue weighted by Crippen LogP contribution is -1.89. The van der Waals surface area contributed by atoms with Gasteiger partial charge < -0.3 is 5.11 Å². The van der Waals surface area contributed by atoms with Gasteiger partial charge >= 0.3 is 0 Å². The number of hydrogen-bond acceptors (Lipinski definition) is 2.